The normalized spacial score (nSPS) is 18.5. The van der Waals surface area contributed by atoms with Gasteiger partial charge in [0.1, 0.15) is 0 Å². The van der Waals surface area contributed by atoms with Gasteiger partial charge in [-0.05, 0) is 80.3 Å². The van der Waals surface area contributed by atoms with Gasteiger partial charge in [0.25, 0.3) is 11.8 Å². The monoisotopic (exact) mass is 660 g/mol. The Bertz CT molecular complexity index is 2260. The molecule has 2 atom stereocenters. The van der Waals surface area contributed by atoms with Gasteiger partial charge in [0, 0.05) is 34.5 Å². The lowest BCUT2D eigenvalue weighted by Crippen LogP contribution is -2.50. The van der Waals surface area contributed by atoms with Crippen LogP contribution in [0.5, 0.6) is 0 Å². The van der Waals surface area contributed by atoms with Crippen LogP contribution in [-0.2, 0) is 0 Å². The molecule has 4 aromatic carbocycles. The zero-order valence-corrected chi connectivity index (χ0v) is 29.5. The quantitative estimate of drug-likeness (QED) is 0.179. The molecule has 2 N–H and O–H groups in total. The highest BCUT2D eigenvalue weighted by atomic mass is 16.2. The predicted octanol–water partition coefficient (Wildman–Crippen LogP) is 9.48. The number of amides is 2. The summed E-state index contributed by atoms with van der Waals surface area (Å²) in [6.07, 6.45) is 2.53. The maximum Gasteiger partial charge on any atom is 0.252 e. The smallest absolute Gasteiger partial charge is 0.252 e. The van der Waals surface area contributed by atoms with Crippen molar-refractivity contribution in [1.82, 2.24) is 20.6 Å². The van der Waals surface area contributed by atoms with Gasteiger partial charge in [-0.2, -0.15) is 0 Å². The molecule has 6 nitrogen and oxygen atoms in total. The van der Waals surface area contributed by atoms with Crippen LogP contribution >= 0.6 is 0 Å². The van der Waals surface area contributed by atoms with Crippen LogP contribution in [0.2, 0.25) is 0 Å². The highest BCUT2D eigenvalue weighted by Crippen LogP contribution is 2.46. The molecule has 6 aromatic rings. The minimum Gasteiger partial charge on any atom is -0.351 e. The van der Waals surface area contributed by atoms with E-state index in [1.165, 1.54) is 0 Å². The number of aryl methyl sites for hydroxylation is 2. The number of benzene rings is 4. The van der Waals surface area contributed by atoms with Crippen LogP contribution in [0.25, 0.3) is 44.3 Å². The van der Waals surface area contributed by atoms with Crippen LogP contribution in [0.15, 0.2) is 109 Å². The summed E-state index contributed by atoms with van der Waals surface area (Å²) in [5.74, 6) is -0.215. The Morgan fingerprint density at radius 1 is 0.660 bits per heavy atom. The van der Waals surface area contributed by atoms with Gasteiger partial charge in [-0.15, -0.1) is 0 Å². The van der Waals surface area contributed by atoms with Gasteiger partial charge in [0.05, 0.1) is 33.5 Å². The van der Waals surface area contributed by atoms with Gasteiger partial charge in [-0.3, -0.25) is 9.59 Å². The number of nitrogens with zero attached hydrogens (tertiary/aromatic N) is 2. The second kappa shape index (κ2) is 13.2. The summed E-state index contributed by atoms with van der Waals surface area (Å²) in [6.45, 7) is 11.4. The Morgan fingerprint density at radius 3 is 1.72 bits per heavy atom. The molecule has 0 unspecified atom stereocenters. The van der Waals surface area contributed by atoms with Crippen molar-refractivity contribution in [1.29, 1.82) is 0 Å². The lowest BCUT2D eigenvalue weighted by atomic mass is 9.62. The highest BCUT2D eigenvalue weighted by molar-refractivity contribution is 6.08. The lowest BCUT2D eigenvalue weighted by Gasteiger charge is -2.47. The zero-order valence-electron chi connectivity index (χ0n) is 29.5. The van der Waals surface area contributed by atoms with E-state index in [1.807, 2.05) is 84.9 Å². The first-order valence-corrected chi connectivity index (χ1v) is 17.5. The summed E-state index contributed by atoms with van der Waals surface area (Å²) >= 11 is 0. The first-order valence-electron chi connectivity index (χ1n) is 17.5. The summed E-state index contributed by atoms with van der Waals surface area (Å²) in [6, 6.07) is 35.8. The van der Waals surface area contributed by atoms with E-state index in [9.17, 15) is 9.59 Å². The first-order chi connectivity index (χ1) is 24.0. The minimum absolute atomic E-state index is 0.0373. The number of fused-ring (bicyclic) bond motifs is 2. The van der Waals surface area contributed by atoms with Crippen molar-refractivity contribution >= 4 is 33.6 Å². The number of carbonyl (C=O) groups excluding carboxylic acids is 2. The van der Waals surface area contributed by atoms with Crippen molar-refractivity contribution in [3.63, 3.8) is 0 Å². The fraction of sp³-hybridized carbons (Fsp3) is 0.273. The van der Waals surface area contributed by atoms with Crippen LogP contribution in [0.1, 0.15) is 71.9 Å². The van der Waals surface area contributed by atoms with Crippen LogP contribution in [0.3, 0.4) is 0 Å². The number of pyridine rings is 2. The molecule has 1 fully saturated rings. The van der Waals surface area contributed by atoms with Crippen molar-refractivity contribution in [2.24, 2.45) is 10.8 Å². The minimum atomic E-state index is -0.232. The van der Waals surface area contributed by atoms with Crippen molar-refractivity contribution in [3.8, 4) is 22.5 Å². The summed E-state index contributed by atoms with van der Waals surface area (Å²) < 4.78 is 0. The average molecular weight is 661 g/mol. The molecule has 7 rings (SSSR count). The molecule has 2 heterocycles. The topological polar surface area (TPSA) is 84.0 Å². The largest absolute Gasteiger partial charge is 0.351 e. The number of hydrogen-bond donors (Lipinski definition) is 2. The molecule has 0 spiro atoms. The summed E-state index contributed by atoms with van der Waals surface area (Å²) in [7, 11) is 0. The van der Waals surface area contributed by atoms with E-state index in [2.05, 4.69) is 69.5 Å². The Hall–Kier alpha value is -5.36. The predicted molar refractivity (Wildman–Crippen MR) is 203 cm³/mol. The molecule has 2 amide bonds. The van der Waals surface area contributed by atoms with Gasteiger partial charge in [-0.25, -0.2) is 9.97 Å². The maximum absolute atomic E-state index is 14.1. The van der Waals surface area contributed by atoms with E-state index in [1.54, 1.807) is 0 Å². The molecule has 252 valence electrons. The number of aromatic nitrogens is 2. The van der Waals surface area contributed by atoms with Crippen LogP contribution in [0, 0.1) is 24.7 Å². The average Bonchev–Trinajstić information content (AvgIpc) is 3.08. The number of nitrogens with one attached hydrogen (secondary N) is 2. The third kappa shape index (κ3) is 7.02. The first kappa shape index (κ1) is 33.2. The van der Waals surface area contributed by atoms with E-state index in [0.29, 0.717) is 17.7 Å². The fourth-order valence-electron chi connectivity index (χ4n) is 8.15. The van der Waals surface area contributed by atoms with Gasteiger partial charge < -0.3 is 10.6 Å². The van der Waals surface area contributed by atoms with Gasteiger partial charge in [0.2, 0.25) is 0 Å². The third-order valence-corrected chi connectivity index (χ3v) is 10.0. The van der Waals surface area contributed by atoms with E-state index < -0.39 is 0 Å². The molecule has 1 saturated carbocycles. The molecule has 0 bridgehead atoms. The van der Waals surface area contributed by atoms with Gasteiger partial charge in [-0.1, -0.05) is 105 Å². The van der Waals surface area contributed by atoms with Crippen molar-refractivity contribution < 1.29 is 9.59 Å². The summed E-state index contributed by atoms with van der Waals surface area (Å²) in [5, 5.41) is 8.38. The molecule has 1 aliphatic carbocycles. The summed E-state index contributed by atoms with van der Waals surface area (Å²) in [4.78, 5) is 37.9. The molecule has 2 aromatic heterocycles. The van der Waals surface area contributed by atoms with Crippen LogP contribution in [0.4, 0.5) is 0 Å². The van der Waals surface area contributed by atoms with Crippen molar-refractivity contribution in [2.75, 3.05) is 6.54 Å². The maximum atomic E-state index is 14.1. The SMILES string of the molecule is Cc1cccc(-c2cc(C(=O)NC[C@]3(C)C[C@@H](NC(=O)c4cc(-c5cccc(C)c5)nc5ccccc45)CC(C)(C)C3)c3ccccc3n2)c1. The number of hydrogen-bond acceptors (Lipinski definition) is 4. The molecular weight excluding hydrogens is 617 g/mol. The fourth-order valence-corrected chi connectivity index (χ4v) is 8.15. The second-order valence-electron chi connectivity index (χ2n) is 15.3. The van der Waals surface area contributed by atoms with Crippen LogP contribution in [-0.4, -0.2) is 34.4 Å². The molecule has 0 aliphatic heterocycles. The Morgan fingerprint density at radius 2 is 1.18 bits per heavy atom. The second-order valence-corrected chi connectivity index (χ2v) is 15.3. The lowest BCUT2D eigenvalue weighted by molar-refractivity contribution is 0.0593. The zero-order chi connectivity index (χ0) is 35.0. The third-order valence-electron chi connectivity index (χ3n) is 10.0. The Balaban J connectivity index is 1.13. The van der Waals surface area contributed by atoms with E-state index in [4.69, 9.17) is 9.97 Å². The van der Waals surface area contributed by atoms with E-state index >= 15 is 0 Å². The van der Waals surface area contributed by atoms with E-state index in [0.717, 1.165) is 74.7 Å². The Labute approximate surface area is 294 Å². The number of carbonyl (C=O) groups is 2. The Kier molecular flexibility index (Phi) is 8.73. The summed E-state index contributed by atoms with van der Waals surface area (Å²) in [5.41, 5.74) is 8.37. The molecule has 0 saturated heterocycles. The molecule has 0 radical (unpaired) electrons. The molecular formula is C44H44N4O2. The highest BCUT2D eigenvalue weighted by Gasteiger charge is 2.42. The van der Waals surface area contributed by atoms with Crippen molar-refractivity contribution in [3.05, 3.63) is 131 Å². The molecule has 1 aliphatic rings. The van der Waals surface area contributed by atoms with E-state index in [-0.39, 0.29) is 28.7 Å². The molecule has 50 heavy (non-hydrogen) atoms. The number of rotatable bonds is 7. The van der Waals surface area contributed by atoms with Gasteiger partial charge in [0.15, 0.2) is 0 Å². The standard InChI is InChI=1S/C44H44N4O2/c1-28-12-10-14-30(20-28)39-22-35(33-16-6-8-18-37(33)47-39)41(49)45-27-44(5)25-32(24-43(3,4)26-44)46-42(50)36-23-40(31-15-11-13-29(2)21-31)48-38-19-9-7-17-34(36)38/h6-23,32H,24-27H2,1-5H3,(H,45,49)(H,46,50)/t32-,44+/m0/s1. The number of para-hydroxylation sites is 2. The van der Waals surface area contributed by atoms with Gasteiger partial charge >= 0.3 is 0 Å². The molecule has 6 heteroatoms. The van der Waals surface area contributed by atoms with Crippen molar-refractivity contribution in [2.45, 2.75) is 59.9 Å². The van der Waals surface area contributed by atoms with Crippen LogP contribution < -0.4 is 10.6 Å².